The van der Waals surface area contributed by atoms with Crippen LogP contribution < -0.4 is 4.90 Å². The SMILES string of the molecule is CCc1nc2cccc3c2n1-c1c(-c2ccc(-c4cc5ccccc5c5ccccc45)cc2)cccc1N3c1ccccc1. The van der Waals surface area contributed by atoms with Gasteiger partial charge in [-0.3, -0.25) is 4.57 Å². The molecule has 0 bridgehead atoms. The second-order valence-corrected chi connectivity index (χ2v) is 11.5. The van der Waals surface area contributed by atoms with E-state index in [1.807, 2.05) is 0 Å². The first-order chi connectivity index (χ1) is 21.8. The lowest BCUT2D eigenvalue weighted by molar-refractivity contribution is 0.901. The molecule has 0 saturated carbocycles. The highest BCUT2D eigenvalue weighted by Crippen LogP contribution is 2.50. The summed E-state index contributed by atoms with van der Waals surface area (Å²) in [6.45, 7) is 2.19. The van der Waals surface area contributed by atoms with Crippen LogP contribution in [0.3, 0.4) is 0 Å². The Balaban J connectivity index is 1.26. The van der Waals surface area contributed by atoms with Crippen LogP contribution in [0.15, 0.2) is 146 Å². The molecule has 2 heterocycles. The number of rotatable bonds is 4. The molecule has 0 saturated heterocycles. The van der Waals surface area contributed by atoms with E-state index in [0.29, 0.717) is 0 Å². The number of aromatic nitrogens is 2. The maximum Gasteiger partial charge on any atom is 0.114 e. The Bertz CT molecular complexity index is 2370. The van der Waals surface area contributed by atoms with Gasteiger partial charge in [0.25, 0.3) is 0 Å². The van der Waals surface area contributed by atoms with Crippen LogP contribution in [0.5, 0.6) is 0 Å². The number of para-hydroxylation sites is 3. The van der Waals surface area contributed by atoms with Crippen LogP contribution in [-0.4, -0.2) is 9.55 Å². The standard InChI is InChI=1S/C41H29N3/c1-2-39-42-36-19-11-21-38-41(36)44(39)40-32(18-10-20-37(40)43(38)30-13-4-3-5-14-30)27-22-24-28(25-23-27)35-26-29-12-6-7-15-31(29)33-16-8-9-17-34(33)35/h3-26H,2H2,1H3. The minimum atomic E-state index is 0.848. The monoisotopic (exact) mass is 563 g/mol. The highest BCUT2D eigenvalue weighted by Gasteiger charge is 2.30. The lowest BCUT2D eigenvalue weighted by Gasteiger charge is -2.34. The lowest BCUT2D eigenvalue weighted by atomic mass is 9.92. The van der Waals surface area contributed by atoms with Gasteiger partial charge in [-0.1, -0.05) is 116 Å². The fourth-order valence-electron chi connectivity index (χ4n) is 7.10. The van der Waals surface area contributed by atoms with Gasteiger partial charge < -0.3 is 4.90 Å². The molecule has 0 aliphatic carbocycles. The van der Waals surface area contributed by atoms with Crippen LogP contribution >= 0.6 is 0 Å². The molecule has 0 spiro atoms. The molecule has 0 amide bonds. The molecule has 0 fully saturated rings. The Morgan fingerprint density at radius 1 is 0.545 bits per heavy atom. The van der Waals surface area contributed by atoms with Crippen molar-refractivity contribution in [3.05, 3.63) is 151 Å². The van der Waals surface area contributed by atoms with Gasteiger partial charge in [0.1, 0.15) is 5.82 Å². The highest BCUT2D eigenvalue weighted by molar-refractivity contribution is 6.14. The van der Waals surface area contributed by atoms with Crippen molar-refractivity contribution in [2.24, 2.45) is 0 Å². The van der Waals surface area contributed by atoms with Crippen molar-refractivity contribution in [1.29, 1.82) is 0 Å². The molecule has 44 heavy (non-hydrogen) atoms. The van der Waals surface area contributed by atoms with E-state index in [4.69, 9.17) is 4.98 Å². The third-order valence-electron chi connectivity index (χ3n) is 9.05. The van der Waals surface area contributed by atoms with Crippen molar-refractivity contribution in [1.82, 2.24) is 9.55 Å². The van der Waals surface area contributed by atoms with E-state index in [1.54, 1.807) is 0 Å². The number of nitrogens with zero attached hydrogens (tertiary/aromatic N) is 3. The summed E-state index contributed by atoms with van der Waals surface area (Å²) in [5.41, 5.74) is 11.7. The Labute approximate surface area is 256 Å². The van der Waals surface area contributed by atoms with Crippen LogP contribution in [0.25, 0.3) is 60.5 Å². The van der Waals surface area contributed by atoms with E-state index >= 15 is 0 Å². The Morgan fingerprint density at radius 3 is 2.00 bits per heavy atom. The first kappa shape index (κ1) is 24.9. The molecule has 1 aliphatic heterocycles. The zero-order valence-corrected chi connectivity index (χ0v) is 24.4. The molecular weight excluding hydrogens is 534 g/mol. The molecule has 0 atom stereocenters. The minimum absolute atomic E-state index is 0.848. The number of fused-ring (bicyclic) bond motifs is 5. The lowest BCUT2D eigenvalue weighted by Crippen LogP contribution is -2.19. The van der Waals surface area contributed by atoms with Crippen LogP contribution in [0.2, 0.25) is 0 Å². The molecule has 7 aromatic carbocycles. The first-order valence-electron chi connectivity index (χ1n) is 15.3. The van der Waals surface area contributed by atoms with Crippen molar-refractivity contribution >= 4 is 49.6 Å². The highest BCUT2D eigenvalue weighted by atomic mass is 15.2. The average molecular weight is 564 g/mol. The average Bonchev–Trinajstić information content (AvgIpc) is 3.48. The van der Waals surface area contributed by atoms with Gasteiger partial charge in [0.15, 0.2) is 0 Å². The first-order valence-corrected chi connectivity index (χ1v) is 15.3. The predicted octanol–water partition coefficient (Wildman–Crippen LogP) is 11.0. The number of benzene rings is 7. The van der Waals surface area contributed by atoms with E-state index < -0.39 is 0 Å². The molecule has 1 aromatic heterocycles. The van der Waals surface area contributed by atoms with Crippen molar-refractivity contribution in [2.45, 2.75) is 13.3 Å². The molecule has 8 aromatic rings. The summed E-state index contributed by atoms with van der Waals surface area (Å²) in [4.78, 5) is 7.50. The van der Waals surface area contributed by atoms with E-state index in [9.17, 15) is 0 Å². The second kappa shape index (κ2) is 9.68. The number of anilines is 3. The zero-order valence-electron chi connectivity index (χ0n) is 24.4. The quantitative estimate of drug-likeness (QED) is 0.199. The van der Waals surface area contributed by atoms with Crippen molar-refractivity contribution < 1.29 is 0 Å². The summed E-state index contributed by atoms with van der Waals surface area (Å²) in [5, 5.41) is 5.12. The van der Waals surface area contributed by atoms with Crippen LogP contribution in [-0.2, 0) is 6.42 Å². The number of aryl methyl sites for hydroxylation is 1. The van der Waals surface area contributed by atoms with E-state index in [2.05, 4.69) is 162 Å². The predicted molar refractivity (Wildman–Crippen MR) is 185 cm³/mol. The number of imidazole rings is 1. The van der Waals surface area contributed by atoms with Gasteiger partial charge in [-0.2, -0.15) is 0 Å². The second-order valence-electron chi connectivity index (χ2n) is 11.5. The molecule has 3 heteroatoms. The summed E-state index contributed by atoms with van der Waals surface area (Å²) in [7, 11) is 0. The molecule has 1 aliphatic rings. The molecule has 0 unspecified atom stereocenters. The number of hydrogen-bond acceptors (Lipinski definition) is 2. The van der Waals surface area contributed by atoms with Gasteiger partial charge in [-0.25, -0.2) is 4.98 Å². The molecule has 0 N–H and O–H groups in total. The normalized spacial score (nSPS) is 12.2. The Hall–Kier alpha value is -5.67. The third kappa shape index (κ3) is 3.59. The summed E-state index contributed by atoms with van der Waals surface area (Å²) in [6, 6.07) is 52.7. The Kier molecular flexibility index (Phi) is 5.48. The van der Waals surface area contributed by atoms with E-state index in [0.717, 1.165) is 40.3 Å². The summed E-state index contributed by atoms with van der Waals surface area (Å²) in [6.07, 6.45) is 0.848. The van der Waals surface area contributed by atoms with E-state index in [-0.39, 0.29) is 0 Å². The van der Waals surface area contributed by atoms with Gasteiger partial charge in [0.05, 0.1) is 28.1 Å². The van der Waals surface area contributed by atoms with Crippen molar-refractivity contribution in [3.8, 4) is 27.9 Å². The minimum Gasteiger partial charge on any atom is -0.306 e. The van der Waals surface area contributed by atoms with Gasteiger partial charge in [-0.15, -0.1) is 0 Å². The van der Waals surface area contributed by atoms with E-state index in [1.165, 1.54) is 49.5 Å². The molecular formula is C41H29N3. The maximum atomic E-state index is 5.11. The van der Waals surface area contributed by atoms with Crippen LogP contribution in [0.4, 0.5) is 17.1 Å². The Morgan fingerprint density at radius 2 is 1.20 bits per heavy atom. The summed E-state index contributed by atoms with van der Waals surface area (Å²) in [5.74, 6) is 1.08. The van der Waals surface area contributed by atoms with Crippen LogP contribution in [0.1, 0.15) is 12.7 Å². The van der Waals surface area contributed by atoms with Gasteiger partial charge >= 0.3 is 0 Å². The van der Waals surface area contributed by atoms with Gasteiger partial charge in [0.2, 0.25) is 0 Å². The molecule has 0 radical (unpaired) electrons. The fraction of sp³-hybridized carbons (Fsp3) is 0.0488. The number of hydrogen-bond donors (Lipinski definition) is 0. The largest absolute Gasteiger partial charge is 0.306 e. The van der Waals surface area contributed by atoms with Crippen LogP contribution in [0, 0.1) is 0 Å². The fourth-order valence-corrected chi connectivity index (χ4v) is 7.10. The van der Waals surface area contributed by atoms with Gasteiger partial charge in [0, 0.05) is 17.7 Å². The molecule has 3 nitrogen and oxygen atoms in total. The molecule has 9 rings (SSSR count). The zero-order chi connectivity index (χ0) is 29.2. The summed E-state index contributed by atoms with van der Waals surface area (Å²) < 4.78 is 2.40. The third-order valence-corrected chi connectivity index (χ3v) is 9.05. The smallest absolute Gasteiger partial charge is 0.114 e. The van der Waals surface area contributed by atoms with Gasteiger partial charge in [-0.05, 0) is 74.6 Å². The topological polar surface area (TPSA) is 21.1 Å². The van der Waals surface area contributed by atoms with Crippen molar-refractivity contribution in [3.63, 3.8) is 0 Å². The van der Waals surface area contributed by atoms with Crippen molar-refractivity contribution in [2.75, 3.05) is 4.90 Å². The molecule has 208 valence electrons. The summed E-state index contributed by atoms with van der Waals surface area (Å²) >= 11 is 0. The maximum absolute atomic E-state index is 5.11.